The fraction of sp³-hybridized carbons (Fsp3) is 0.667. The maximum Gasteiger partial charge on any atom is 0.404 e. The van der Waals surface area contributed by atoms with E-state index in [2.05, 4.69) is 0 Å². The first kappa shape index (κ1) is 13.5. The largest absolute Gasteiger partial charge is 0.515 e. The van der Waals surface area contributed by atoms with Crippen LogP contribution in [0.5, 0.6) is 0 Å². The van der Waals surface area contributed by atoms with Crippen LogP contribution in [0.4, 0.5) is 4.79 Å². The van der Waals surface area contributed by atoms with Crippen molar-refractivity contribution in [3.63, 3.8) is 0 Å². The predicted octanol–water partition coefficient (Wildman–Crippen LogP) is 1.92. The molecule has 0 aliphatic heterocycles. The zero-order valence-electron chi connectivity index (χ0n) is 10.4. The minimum atomic E-state index is -0.826. The summed E-state index contributed by atoms with van der Waals surface area (Å²) in [6.45, 7) is 5.96. The van der Waals surface area contributed by atoms with Crippen LogP contribution < -0.4 is 5.73 Å². The Morgan fingerprint density at radius 1 is 1.47 bits per heavy atom. The van der Waals surface area contributed by atoms with Gasteiger partial charge in [0.15, 0.2) is 5.78 Å². The third-order valence-corrected chi connectivity index (χ3v) is 3.86. The molecule has 1 aliphatic rings. The van der Waals surface area contributed by atoms with Crippen LogP contribution in [0.15, 0.2) is 11.8 Å². The summed E-state index contributed by atoms with van der Waals surface area (Å²) >= 11 is 0. The number of allylic oxidation sites excluding steroid dienone is 1. The van der Waals surface area contributed by atoms with E-state index in [1.165, 1.54) is 0 Å². The summed E-state index contributed by atoms with van der Waals surface area (Å²) < 4.78 is 4.87. The second kappa shape index (κ2) is 4.39. The maximum absolute atomic E-state index is 11.7. The molecule has 17 heavy (non-hydrogen) atoms. The third-order valence-electron chi connectivity index (χ3n) is 3.86. The maximum atomic E-state index is 11.7. The molecular weight excluding hydrogens is 222 g/mol. The van der Waals surface area contributed by atoms with Gasteiger partial charge in [0.25, 0.3) is 0 Å². The van der Waals surface area contributed by atoms with Crippen LogP contribution >= 0.6 is 0 Å². The van der Waals surface area contributed by atoms with Crippen molar-refractivity contribution >= 4 is 11.9 Å². The summed E-state index contributed by atoms with van der Waals surface area (Å²) in [7, 11) is 0. The fourth-order valence-electron chi connectivity index (χ4n) is 2.08. The third kappa shape index (κ3) is 2.60. The van der Waals surface area contributed by atoms with Gasteiger partial charge in [-0.25, -0.2) is 4.79 Å². The van der Waals surface area contributed by atoms with Gasteiger partial charge in [-0.05, 0) is 11.8 Å². The Kier molecular flexibility index (Phi) is 3.50. The Hall–Kier alpha value is -1.52. The van der Waals surface area contributed by atoms with E-state index >= 15 is 0 Å². The van der Waals surface area contributed by atoms with E-state index in [0.717, 1.165) is 6.26 Å². The molecule has 0 aromatic heterocycles. The van der Waals surface area contributed by atoms with Crippen LogP contribution in [0.3, 0.4) is 0 Å². The number of rotatable bonds is 2. The Labute approximate surface area is 101 Å². The zero-order valence-corrected chi connectivity index (χ0v) is 10.4. The zero-order chi connectivity index (χ0) is 13.3. The van der Waals surface area contributed by atoms with E-state index in [0.29, 0.717) is 18.4 Å². The van der Waals surface area contributed by atoms with E-state index in [1.807, 2.05) is 20.8 Å². The van der Waals surface area contributed by atoms with Crippen molar-refractivity contribution in [3.05, 3.63) is 11.8 Å². The Morgan fingerprint density at radius 2 is 2.06 bits per heavy atom. The molecular formula is C12H19NO4. The molecule has 5 nitrogen and oxygen atoms in total. The number of hydrogen-bond acceptors (Lipinski definition) is 4. The SMILES string of the molecule is CC1(C)CC(=O)C(=CO)CC1(C)COC(N)=O. The number of ketones is 1. The van der Waals surface area contributed by atoms with E-state index in [-0.39, 0.29) is 17.8 Å². The minimum Gasteiger partial charge on any atom is -0.515 e. The highest BCUT2D eigenvalue weighted by molar-refractivity contribution is 5.96. The highest BCUT2D eigenvalue weighted by Crippen LogP contribution is 2.50. The van der Waals surface area contributed by atoms with Gasteiger partial charge in [0, 0.05) is 17.4 Å². The number of aliphatic hydroxyl groups excluding tert-OH is 1. The van der Waals surface area contributed by atoms with E-state index in [1.54, 1.807) is 0 Å². The molecule has 3 N–H and O–H groups in total. The number of amides is 1. The number of ether oxygens (including phenoxy) is 1. The topological polar surface area (TPSA) is 89.6 Å². The molecule has 0 radical (unpaired) electrons. The van der Waals surface area contributed by atoms with Gasteiger partial charge < -0.3 is 15.6 Å². The lowest BCUT2D eigenvalue weighted by molar-refractivity contribution is -0.124. The first-order chi connectivity index (χ1) is 7.72. The van der Waals surface area contributed by atoms with Crippen molar-refractivity contribution in [3.8, 4) is 0 Å². The van der Waals surface area contributed by atoms with Gasteiger partial charge in [0.05, 0.1) is 12.9 Å². The van der Waals surface area contributed by atoms with Crippen LogP contribution in [0.2, 0.25) is 0 Å². The summed E-state index contributed by atoms with van der Waals surface area (Å²) in [6.07, 6.45) is 0.717. The van der Waals surface area contributed by atoms with Gasteiger partial charge in [0.2, 0.25) is 0 Å². The summed E-state index contributed by atoms with van der Waals surface area (Å²) in [6, 6.07) is 0. The van der Waals surface area contributed by atoms with Crippen LogP contribution in [0.1, 0.15) is 33.6 Å². The normalized spacial score (nSPS) is 30.3. The molecule has 5 heteroatoms. The molecule has 1 aliphatic carbocycles. The van der Waals surface area contributed by atoms with Crippen molar-refractivity contribution in [2.45, 2.75) is 33.6 Å². The Bertz CT molecular complexity index is 373. The molecule has 1 atom stereocenters. The molecule has 1 fully saturated rings. The second-order valence-corrected chi connectivity index (χ2v) is 5.48. The highest BCUT2D eigenvalue weighted by Gasteiger charge is 2.48. The lowest BCUT2D eigenvalue weighted by atomic mass is 9.57. The number of aliphatic hydroxyl groups is 1. The van der Waals surface area contributed by atoms with Gasteiger partial charge in [0.1, 0.15) is 0 Å². The number of primary amides is 1. The van der Waals surface area contributed by atoms with Gasteiger partial charge in [-0.1, -0.05) is 20.8 Å². The van der Waals surface area contributed by atoms with E-state index in [4.69, 9.17) is 15.6 Å². The highest BCUT2D eigenvalue weighted by atomic mass is 16.5. The summed E-state index contributed by atoms with van der Waals surface area (Å²) in [4.78, 5) is 22.4. The Morgan fingerprint density at radius 3 is 2.53 bits per heavy atom. The molecule has 0 aromatic carbocycles. The lowest BCUT2D eigenvalue weighted by Crippen LogP contribution is -2.46. The number of carbonyl (C=O) groups is 2. The first-order valence-corrected chi connectivity index (χ1v) is 5.50. The molecule has 0 saturated heterocycles. The molecule has 1 saturated carbocycles. The van der Waals surface area contributed by atoms with Gasteiger partial charge >= 0.3 is 6.09 Å². The van der Waals surface area contributed by atoms with E-state index < -0.39 is 11.5 Å². The smallest absolute Gasteiger partial charge is 0.404 e. The Balaban J connectivity index is 2.94. The molecule has 0 heterocycles. The number of hydrogen-bond donors (Lipinski definition) is 2. The van der Waals surface area contributed by atoms with E-state index in [9.17, 15) is 9.59 Å². The quantitative estimate of drug-likeness (QED) is 0.571. The van der Waals surface area contributed by atoms with Crippen molar-refractivity contribution in [2.24, 2.45) is 16.6 Å². The van der Waals surface area contributed by atoms with Crippen LogP contribution in [-0.4, -0.2) is 23.6 Å². The number of Topliss-reactive ketones (excluding diaryl/α,β-unsaturated/α-hetero) is 1. The molecule has 1 rings (SSSR count). The average Bonchev–Trinajstić information content (AvgIpc) is 2.20. The minimum absolute atomic E-state index is 0.0611. The van der Waals surface area contributed by atoms with Gasteiger partial charge in [-0.3, -0.25) is 4.79 Å². The lowest BCUT2D eigenvalue weighted by Gasteiger charge is -2.47. The van der Waals surface area contributed by atoms with Crippen LogP contribution in [0, 0.1) is 10.8 Å². The van der Waals surface area contributed by atoms with Crippen molar-refractivity contribution in [1.82, 2.24) is 0 Å². The molecule has 0 spiro atoms. The van der Waals surface area contributed by atoms with Gasteiger partial charge in [-0.2, -0.15) is 0 Å². The van der Waals surface area contributed by atoms with Crippen molar-refractivity contribution < 1.29 is 19.4 Å². The number of nitrogens with two attached hydrogens (primary N) is 1. The molecule has 1 unspecified atom stereocenters. The summed E-state index contributed by atoms with van der Waals surface area (Å²) in [5.41, 5.74) is 4.61. The van der Waals surface area contributed by atoms with Crippen LogP contribution in [0.25, 0.3) is 0 Å². The summed E-state index contributed by atoms with van der Waals surface area (Å²) in [5, 5.41) is 9.03. The second-order valence-electron chi connectivity index (χ2n) is 5.48. The van der Waals surface area contributed by atoms with Crippen molar-refractivity contribution in [1.29, 1.82) is 0 Å². The number of carbonyl (C=O) groups excluding carboxylic acids is 2. The molecule has 0 bridgehead atoms. The standard InChI is InChI=1S/C12H19NO4/c1-11(2)5-9(15)8(6-14)4-12(11,3)7-17-10(13)16/h6,14H,4-5,7H2,1-3H3,(H2,13,16). The fourth-order valence-corrected chi connectivity index (χ4v) is 2.08. The molecule has 96 valence electrons. The van der Waals surface area contributed by atoms with Crippen molar-refractivity contribution in [2.75, 3.05) is 6.61 Å². The molecule has 1 amide bonds. The first-order valence-electron chi connectivity index (χ1n) is 5.50. The molecule has 0 aromatic rings. The summed E-state index contributed by atoms with van der Waals surface area (Å²) in [5.74, 6) is -0.0611. The van der Waals surface area contributed by atoms with Crippen LogP contribution in [-0.2, 0) is 9.53 Å². The van der Waals surface area contributed by atoms with Gasteiger partial charge in [-0.15, -0.1) is 0 Å². The average molecular weight is 241 g/mol. The monoisotopic (exact) mass is 241 g/mol. The predicted molar refractivity (Wildman–Crippen MR) is 62.4 cm³/mol.